The van der Waals surface area contributed by atoms with Crippen molar-refractivity contribution in [1.82, 2.24) is 4.72 Å². The van der Waals surface area contributed by atoms with Crippen LogP contribution in [0.4, 0.5) is 0 Å². The number of hydrogen-bond donors (Lipinski definition) is 1. The second-order valence-electron chi connectivity index (χ2n) is 9.07. The Labute approximate surface area is 194 Å². The van der Waals surface area contributed by atoms with E-state index in [9.17, 15) is 13.2 Å². The summed E-state index contributed by atoms with van der Waals surface area (Å²) < 4.78 is 27.8. The van der Waals surface area contributed by atoms with Gasteiger partial charge in [0, 0.05) is 11.1 Å². The lowest BCUT2D eigenvalue weighted by molar-refractivity contribution is -0.113. The number of amides is 1. The van der Waals surface area contributed by atoms with Crippen LogP contribution < -0.4 is 4.72 Å². The molecule has 0 saturated carbocycles. The van der Waals surface area contributed by atoms with Gasteiger partial charge in [-0.25, -0.2) is 13.1 Å². The van der Waals surface area contributed by atoms with Crippen molar-refractivity contribution in [2.45, 2.75) is 43.1 Å². The highest BCUT2D eigenvalue weighted by Gasteiger charge is 2.45. The molecule has 1 amide bonds. The fraction of sp³-hybridized carbons (Fsp3) is 0.231. The van der Waals surface area contributed by atoms with Crippen LogP contribution in [0, 0.1) is 0 Å². The van der Waals surface area contributed by atoms with Crippen molar-refractivity contribution in [3.05, 3.63) is 102 Å². The summed E-state index contributed by atoms with van der Waals surface area (Å²) in [6.45, 7) is 6.13. The molecule has 1 heterocycles. The van der Waals surface area contributed by atoms with Gasteiger partial charge in [0.25, 0.3) is 15.9 Å². The van der Waals surface area contributed by atoms with Crippen molar-refractivity contribution in [3.63, 3.8) is 0 Å². The Bertz CT molecular complexity index is 1240. The topological polar surface area (TPSA) is 84.8 Å². The number of nitrogens with one attached hydrogen (secondary N) is 1. The highest BCUT2D eigenvalue weighted by atomic mass is 32.2. The lowest BCUT2D eigenvalue weighted by Crippen LogP contribution is -2.37. The molecule has 0 saturated heterocycles. The van der Waals surface area contributed by atoms with Gasteiger partial charge in [0.05, 0.1) is 11.3 Å². The van der Waals surface area contributed by atoms with Crippen LogP contribution in [0.1, 0.15) is 43.9 Å². The van der Waals surface area contributed by atoms with E-state index in [0.29, 0.717) is 0 Å². The second kappa shape index (κ2) is 8.48. The molecule has 0 bridgehead atoms. The summed E-state index contributed by atoms with van der Waals surface area (Å²) in [5, 5.41) is 4.01. The summed E-state index contributed by atoms with van der Waals surface area (Å²) in [4.78, 5) is 18.8. The molecule has 1 aliphatic rings. The van der Waals surface area contributed by atoms with Crippen molar-refractivity contribution in [3.8, 4) is 0 Å². The Balaban J connectivity index is 1.57. The highest BCUT2D eigenvalue weighted by molar-refractivity contribution is 7.90. The molecule has 0 aromatic heterocycles. The van der Waals surface area contributed by atoms with Gasteiger partial charge in [-0.3, -0.25) is 4.79 Å². The number of carbonyl (C=O) groups is 1. The van der Waals surface area contributed by atoms with E-state index >= 15 is 0 Å². The fourth-order valence-corrected chi connectivity index (χ4v) is 4.79. The highest BCUT2D eigenvalue weighted by Crippen LogP contribution is 2.41. The predicted molar refractivity (Wildman–Crippen MR) is 127 cm³/mol. The molecule has 3 aromatic carbocycles. The van der Waals surface area contributed by atoms with Crippen molar-refractivity contribution in [1.29, 1.82) is 0 Å². The molecule has 0 radical (unpaired) electrons. The quantitative estimate of drug-likeness (QED) is 0.605. The van der Waals surface area contributed by atoms with Crippen LogP contribution in [0.3, 0.4) is 0 Å². The smallest absolute Gasteiger partial charge is 0.282 e. The van der Waals surface area contributed by atoms with Crippen molar-refractivity contribution in [2.24, 2.45) is 5.16 Å². The summed E-state index contributed by atoms with van der Waals surface area (Å²) in [5.74, 6) is -0.802. The molecular weight excluding hydrogens is 436 g/mol. The lowest BCUT2D eigenvalue weighted by Gasteiger charge is -2.27. The average molecular weight is 463 g/mol. The summed E-state index contributed by atoms with van der Waals surface area (Å²) >= 11 is 0. The molecule has 0 aliphatic carbocycles. The average Bonchev–Trinajstić information content (AvgIpc) is 3.27. The first-order valence-corrected chi connectivity index (χ1v) is 12.1. The number of carbonyl (C=O) groups excluding carboxylic acids is 1. The third kappa shape index (κ3) is 4.54. The minimum atomic E-state index is -4.06. The van der Waals surface area contributed by atoms with Crippen LogP contribution in [-0.2, 0) is 30.7 Å². The van der Waals surface area contributed by atoms with Crippen LogP contribution in [0.25, 0.3) is 0 Å². The van der Waals surface area contributed by atoms with Crippen LogP contribution in [0.5, 0.6) is 0 Å². The minimum Gasteiger partial charge on any atom is -0.379 e. The maximum Gasteiger partial charge on any atom is 0.282 e. The number of nitrogens with zero attached hydrogens (tertiary/aromatic N) is 1. The van der Waals surface area contributed by atoms with Gasteiger partial charge in [0.15, 0.2) is 11.3 Å². The molecule has 6 nitrogen and oxygen atoms in total. The zero-order chi connectivity index (χ0) is 23.7. The van der Waals surface area contributed by atoms with Gasteiger partial charge in [-0.1, -0.05) is 98.7 Å². The molecule has 3 aromatic rings. The van der Waals surface area contributed by atoms with Gasteiger partial charge < -0.3 is 4.84 Å². The van der Waals surface area contributed by atoms with Crippen molar-refractivity contribution < 1.29 is 18.0 Å². The molecule has 0 atom stereocenters. The first-order valence-electron chi connectivity index (χ1n) is 10.7. The van der Waals surface area contributed by atoms with Gasteiger partial charge in [-0.05, 0) is 23.1 Å². The molecule has 0 spiro atoms. The maximum atomic E-state index is 12.9. The molecule has 0 unspecified atom stereocenters. The third-order valence-corrected chi connectivity index (χ3v) is 7.07. The van der Waals surface area contributed by atoms with E-state index < -0.39 is 21.5 Å². The first kappa shape index (κ1) is 22.7. The zero-order valence-corrected chi connectivity index (χ0v) is 19.6. The van der Waals surface area contributed by atoms with E-state index in [0.717, 1.165) is 16.7 Å². The number of rotatable bonds is 5. The van der Waals surface area contributed by atoms with Crippen LogP contribution in [-0.4, -0.2) is 20.0 Å². The van der Waals surface area contributed by atoms with E-state index in [2.05, 4.69) is 9.88 Å². The standard InChI is InChI=1S/C26H26N2O4S/c1-25(2,3)19-14-16-22(17-15-19)33(30,31)28-24(29)23-18-26(32-27-23,20-10-6-4-7-11-20)21-12-8-5-9-13-21/h4-17H,18H2,1-3H3,(H,28,29). The number of oxime groups is 1. The van der Waals surface area contributed by atoms with Gasteiger partial charge >= 0.3 is 0 Å². The summed E-state index contributed by atoms with van der Waals surface area (Å²) in [6, 6.07) is 25.4. The Kier molecular flexibility index (Phi) is 5.84. The number of sulfonamides is 1. The van der Waals surface area contributed by atoms with Crippen molar-refractivity contribution in [2.75, 3.05) is 0 Å². The number of hydrogen-bond acceptors (Lipinski definition) is 5. The SMILES string of the molecule is CC(C)(C)c1ccc(S(=O)(=O)NC(=O)C2=NOC(c3ccccc3)(c3ccccc3)C2)cc1. The molecule has 170 valence electrons. The monoisotopic (exact) mass is 462 g/mol. The summed E-state index contributed by atoms with van der Waals surface area (Å²) in [6.07, 6.45) is 0.103. The Morgan fingerprint density at radius 1 is 0.879 bits per heavy atom. The maximum absolute atomic E-state index is 12.9. The lowest BCUT2D eigenvalue weighted by atomic mass is 9.82. The van der Waals surface area contributed by atoms with Crippen LogP contribution >= 0.6 is 0 Å². The van der Waals surface area contributed by atoms with Gasteiger partial charge in [-0.2, -0.15) is 0 Å². The fourth-order valence-electron chi connectivity index (χ4n) is 3.82. The van der Waals surface area contributed by atoms with Crippen LogP contribution in [0.2, 0.25) is 0 Å². The molecule has 1 N–H and O–H groups in total. The van der Waals surface area contributed by atoms with E-state index in [1.807, 2.05) is 81.4 Å². The first-order chi connectivity index (χ1) is 15.6. The van der Waals surface area contributed by atoms with Gasteiger partial charge in [0.1, 0.15) is 0 Å². The molecule has 33 heavy (non-hydrogen) atoms. The second-order valence-corrected chi connectivity index (χ2v) is 10.8. The van der Waals surface area contributed by atoms with Gasteiger partial charge in [0.2, 0.25) is 0 Å². The Morgan fingerprint density at radius 2 is 1.39 bits per heavy atom. The Morgan fingerprint density at radius 3 is 1.88 bits per heavy atom. The molecule has 0 fully saturated rings. The van der Waals surface area contributed by atoms with Crippen LogP contribution in [0.15, 0.2) is 95.0 Å². The number of benzene rings is 3. The Hall–Kier alpha value is -3.45. The molecule has 1 aliphatic heterocycles. The van der Waals surface area contributed by atoms with Crippen molar-refractivity contribution >= 4 is 21.6 Å². The van der Waals surface area contributed by atoms with E-state index in [1.54, 1.807) is 12.1 Å². The van der Waals surface area contributed by atoms with Gasteiger partial charge in [-0.15, -0.1) is 0 Å². The summed E-state index contributed by atoms with van der Waals surface area (Å²) in [7, 11) is -4.06. The molecular formula is C26H26N2O4S. The molecule has 7 heteroatoms. The predicted octanol–water partition coefficient (Wildman–Crippen LogP) is 4.51. The zero-order valence-electron chi connectivity index (χ0n) is 18.8. The van der Waals surface area contributed by atoms with E-state index in [1.165, 1.54) is 12.1 Å². The van der Waals surface area contributed by atoms with E-state index in [4.69, 9.17) is 4.84 Å². The third-order valence-electron chi connectivity index (χ3n) is 5.73. The largest absolute Gasteiger partial charge is 0.379 e. The summed E-state index contributed by atoms with van der Waals surface area (Å²) in [5.41, 5.74) is 1.54. The molecule has 4 rings (SSSR count). The van der Waals surface area contributed by atoms with E-state index in [-0.39, 0.29) is 22.4 Å². The minimum absolute atomic E-state index is 0.0117. The normalized spacial score (nSPS) is 15.4.